The van der Waals surface area contributed by atoms with Gasteiger partial charge in [0.1, 0.15) is 0 Å². The minimum atomic E-state index is 1.13. The molecule has 0 unspecified atom stereocenters. The summed E-state index contributed by atoms with van der Waals surface area (Å²) in [5.41, 5.74) is 1.13. The third-order valence-corrected chi connectivity index (χ3v) is 2.05. The average molecular weight is 149 g/mol. The molecule has 10 heavy (non-hydrogen) atoms. The predicted molar refractivity (Wildman–Crippen MR) is 41.9 cm³/mol. The number of nitrogens with zero attached hydrogens (tertiary/aromatic N) is 1. The predicted octanol–water partition coefficient (Wildman–Crippen LogP) is 1.43. The van der Waals surface area contributed by atoms with E-state index >= 15 is 0 Å². The van der Waals surface area contributed by atoms with Gasteiger partial charge in [0, 0.05) is 22.4 Å². The molecular formula is C7H5N2S. The van der Waals surface area contributed by atoms with E-state index in [9.17, 15) is 0 Å². The van der Waals surface area contributed by atoms with Crippen molar-refractivity contribution in [1.29, 1.82) is 0 Å². The van der Waals surface area contributed by atoms with Gasteiger partial charge >= 0.3 is 0 Å². The number of hydrogen-bond acceptors (Lipinski definition) is 3. The first-order valence-corrected chi connectivity index (χ1v) is 3.73. The number of rotatable bonds is 0. The van der Waals surface area contributed by atoms with Crippen LogP contribution in [0.25, 0.3) is 0 Å². The van der Waals surface area contributed by atoms with Gasteiger partial charge in [0.25, 0.3) is 0 Å². The Morgan fingerprint density at radius 1 is 1.60 bits per heavy atom. The van der Waals surface area contributed by atoms with Gasteiger partial charge in [-0.3, -0.25) is 0 Å². The van der Waals surface area contributed by atoms with E-state index in [1.165, 1.54) is 16.8 Å². The molecule has 0 aliphatic carbocycles. The Balaban J connectivity index is 2.54. The van der Waals surface area contributed by atoms with E-state index in [4.69, 9.17) is 0 Å². The summed E-state index contributed by atoms with van der Waals surface area (Å²) < 4.78 is 0. The van der Waals surface area contributed by atoms with Crippen LogP contribution in [0, 0.1) is 6.07 Å². The van der Waals surface area contributed by atoms with Gasteiger partial charge in [-0.2, -0.15) is 5.10 Å². The molecule has 0 saturated carbocycles. The van der Waals surface area contributed by atoms with Crippen LogP contribution in [0.2, 0.25) is 0 Å². The van der Waals surface area contributed by atoms with E-state index in [1.807, 2.05) is 18.2 Å². The lowest BCUT2D eigenvalue weighted by Gasteiger charge is -2.07. The molecule has 0 amide bonds. The molecule has 1 aromatic rings. The molecule has 2 rings (SSSR count). The van der Waals surface area contributed by atoms with Crippen LogP contribution >= 0.6 is 11.9 Å². The smallest absolute Gasteiger partial charge is 0.0562 e. The van der Waals surface area contributed by atoms with Crippen molar-refractivity contribution < 1.29 is 0 Å². The molecule has 1 aliphatic heterocycles. The average Bonchev–Trinajstić information content (AvgIpc) is 2.05. The summed E-state index contributed by atoms with van der Waals surface area (Å²) in [5.74, 6) is 0. The number of fused-ring (bicyclic) bond motifs is 1. The lowest BCUT2D eigenvalue weighted by atomic mass is 10.2. The Bertz CT molecular complexity index is 270. The summed E-state index contributed by atoms with van der Waals surface area (Å²) in [6.07, 6.45) is 1.79. The van der Waals surface area contributed by atoms with Crippen LogP contribution in [0.3, 0.4) is 0 Å². The molecule has 0 aromatic heterocycles. The third-order valence-electron chi connectivity index (χ3n) is 1.27. The first kappa shape index (κ1) is 5.80. The second kappa shape index (κ2) is 2.34. The summed E-state index contributed by atoms with van der Waals surface area (Å²) in [6, 6.07) is 8.82. The number of hydrogen-bond donors (Lipinski definition) is 1. The Hall–Kier alpha value is -0.960. The fraction of sp³-hybridized carbons (Fsp3) is 0. The molecular weight excluding hydrogens is 144 g/mol. The molecule has 49 valence electrons. The van der Waals surface area contributed by atoms with Gasteiger partial charge in [-0.25, -0.2) is 4.83 Å². The molecule has 2 nitrogen and oxygen atoms in total. The van der Waals surface area contributed by atoms with E-state index in [-0.39, 0.29) is 0 Å². The van der Waals surface area contributed by atoms with Gasteiger partial charge in [0.2, 0.25) is 0 Å². The van der Waals surface area contributed by atoms with Gasteiger partial charge < -0.3 is 0 Å². The van der Waals surface area contributed by atoms with E-state index in [0.29, 0.717) is 0 Å². The highest BCUT2D eigenvalue weighted by Crippen LogP contribution is 2.20. The molecule has 1 heterocycles. The van der Waals surface area contributed by atoms with Crippen molar-refractivity contribution in [3.8, 4) is 0 Å². The van der Waals surface area contributed by atoms with Crippen LogP contribution in [0.5, 0.6) is 0 Å². The standard InChI is InChI=1S/C7H5N2S/c1-2-4-7-6(3-1)5-8-9-10-7/h2-5,9H. The Morgan fingerprint density at radius 3 is 3.50 bits per heavy atom. The zero-order valence-corrected chi connectivity index (χ0v) is 5.98. The molecule has 1 aliphatic rings. The van der Waals surface area contributed by atoms with Gasteiger partial charge in [0.15, 0.2) is 0 Å². The Labute approximate surface area is 63.5 Å². The monoisotopic (exact) mass is 149 g/mol. The van der Waals surface area contributed by atoms with Crippen molar-refractivity contribution in [3.63, 3.8) is 0 Å². The fourth-order valence-corrected chi connectivity index (χ4v) is 1.36. The lowest BCUT2D eigenvalue weighted by molar-refractivity contribution is 1.10. The van der Waals surface area contributed by atoms with Gasteiger partial charge in [-0.05, 0) is 18.2 Å². The van der Waals surface area contributed by atoms with Crippen molar-refractivity contribution in [3.05, 3.63) is 29.8 Å². The van der Waals surface area contributed by atoms with Crippen molar-refractivity contribution in [2.24, 2.45) is 5.10 Å². The maximum atomic E-state index is 3.89. The summed E-state index contributed by atoms with van der Waals surface area (Å²) in [5, 5.41) is 3.89. The van der Waals surface area contributed by atoms with Crippen LogP contribution in [0.4, 0.5) is 0 Å². The quantitative estimate of drug-likeness (QED) is 0.564. The zero-order valence-electron chi connectivity index (χ0n) is 5.16. The molecule has 3 heteroatoms. The summed E-state index contributed by atoms with van der Waals surface area (Å²) in [7, 11) is 0. The van der Waals surface area contributed by atoms with Gasteiger partial charge in [-0.1, -0.05) is 6.07 Å². The highest BCUT2D eigenvalue weighted by Gasteiger charge is 2.02. The molecule has 0 atom stereocenters. The molecule has 1 N–H and O–H groups in total. The summed E-state index contributed by atoms with van der Waals surface area (Å²) in [6.45, 7) is 0. The normalized spacial score (nSPS) is 14.0. The zero-order chi connectivity index (χ0) is 6.81. The van der Waals surface area contributed by atoms with Crippen LogP contribution < -0.4 is 4.83 Å². The highest BCUT2D eigenvalue weighted by atomic mass is 32.2. The van der Waals surface area contributed by atoms with Crippen molar-refractivity contribution in [1.82, 2.24) is 4.83 Å². The second-order valence-electron chi connectivity index (χ2n) is 1.92. The lowest BCUT2D eigenvalue weighted by Crippen LogP contribution is -2.01. The van der Waals surface area contributed by atoms with Crippen LogP contribution in [-0.4, -0.2) is 6.21 Å². The van der Waals surface area contributed by atoms with Crippen LogP contribution in [0.1, 0.15) is 5.56 Å². The summed E-state index contributed by atoms with van der Waals surface area (Å²) in [4.78, 5) is 4.02. The van der Waals surface area contributed by atoms with Crippen LogP contribution in [0.15, 0.2) is 28.2 Å². The maximum absolute atomic E-state index is 3.89. The minimum absolute atomic E-state index is 1.13. The Morgan fingerprint density at radius 2 is 2.60 bits per heavy atom. The first-order chi connectivity index (χ1) is 4.97. The van der Waals surface area contributed by atoms with Gasteiger partial charge in [0.05, 0.1) is 6.21 Å². The molecule has 0 fully saturated rings. The molecule has 0 bridgehead atoms. The topological polar surface area (TPSA) is 24.4 Å². The molecule has 1 radical (unpaired) electrons. The number of nitrogens with one attached hydrogen (secondary N) is 1. The largest absolute Gasteiger partial charge is 0.247 e. The fourth-order valence-electron chi connectivity index (χ4n) is 0.794. The highest BCUT2D eigenvalue weighted by molar-refractivity contribution is 7.97. The second-order valence-corrected chi connectivity index (χ2v) is 2.74. The van der Waals surface area contributed by atoms with Crippen LogP contribution in [-0.2, 0) is 0 Å². The Kier molecular flexibility index (Phi) is 1.36. The molecule has 0 spiro atoms. The van der Waals surface area contributed by atoms with Crippen molar-refractivity contribution in [2.75, 3.05) is 0 Å². The first-order valence-electron chi connectivity index (χ1n) is 2.92. The molecule has 1 aromatic carbocycles. The van der Waals surface area contributed by atoms with E-state index in [0.717, 1.165) is 5.56 Å². The number of hydrazone groups is 1. The minimum Gasteiger partial charge on any atom is -0.247 e. The van der Waals surface area contributed by atoms with Crippen molar-refractivity contribution in [2.45, 2.75) is 4.90 Å². The van der Waals surface area contributed by atoms with Gasteiger partial charge in [-0.15, -0.1) is 0 Å². The van der Waals surface area contributed by atoms with E-state index in [2.05, 4.69) is 16.0 Å². The maximum Gasteiger partial charge on any atom is 0.0562 e. The van der Waals surface area contributed by atoms with E-state index < -0.39 is 0 Å². The summed E-state index contributed by atoms with van der Waals surface area (Å²) >= 11 is 1.52. The SMILES string of the molecule is [c]1ccc2c(c1)C=NNS2. The van der Waals surface area contributed by atoms with E-state index in [1.54, 1.807) is 6.21 Å². The third kappa shape index (κ3) is 0.885. The van der Waals surface area contributed by atoms with Crippen molar-refractivity contribution >= 4 is 18.2 Å². The number of benzene rings is 1. The molecule has 0 saturated heterocycles.